The van der Waals surface area contributed by atoms with E-state index in [-0.39, 0.29) is 5.91 Å². The van der Waals surface area contributed by atoms with Gasteiger partial charge in [0.25, 0.3) is 0 Å². The summed E-state index contributed by atoms with van der Waals surface area (Å²) in [4.78, 5) is 12.3. The van der Waals surface area contributed by atoms with E-state index in [1.165, 1.54) is 0 Å². The van der Waals surface area contributed by atoms with E-state index < -0.39 is 5.41 Å². The molecule has 0 bridgehead atoms. The first-order valence-electron chi connectivity index (χ1n) is 6.66. The summed E-state index contributed by atoms with van der Waals surface area (Å²) in [7, 11) is 0. The molecule has 1 aliphatic rings. The van der Waals surface area contributed by atoms with Gasteiger partial charge in [-0.1, -0.05) is 18.9 Å². The molecule has 0 aliphatic heterocycles. The number of nitrogens with one attached hydrogen (secondary N) is 1. The molecule has 4 heteroatoms. The molecule has 1 aromatic carbocycles. The molecule has 0 heterocycles. The van der Waals surface area contributed by atoms with Crippen molar-refractivity contribution < 1.29 is 9.53 Å². The van der Waals surface area contributed by atoms with E-state index in [1.807, 2.05) is 19.1 Å². The molecule has 1 aliphatic carbocycles. The summed E-state index contributed by atoms with van der Waals surface area (Å²) < 4.78 is 5.39. The smallest absolute Gasteiger partial charge is 0.244 e. The second kappa shape index (κ2) is 5.75. The van der Waals surface area contributed by atoms with E-state index >= 15 is 0 Å². The SMILES string of the molecule is CCOc1cccc(NC(=O)C2(C#N)CCCC2)c1. The first-order valence-corrected chi connectivity index (χ1v) is 6.66. The zero-order valence-electron chi connectivity index (χ0n) is 11.1. The number of rotatable bonds is 4. The van der Waals surface area contributed by atoms with Crippen molar-refractivity contribution in [3.63, 3.8) is 0 Å². The zero-order chi connectivity index (χ0) is 13.7. The van der Waals surface area contributed by atoms with Gasteiger partial charge in [-0.25, -0.2) is 0 Å². The molecule has 1 fully saturated rings. The van der Waals surface area contributed by atoms with Crippen LogP contribution in [0.15, 0.2) is 24.3 Å². The van der Waals surface area contributed by atoms with Gasteiger partial charge in [-0.2, -0.15) is 5.26 Å². The number of nitrogens with zero attached hydrogens (tertiary/aromatic N) is 1. The molecule has 2 rings (SSSR count). The minimum Gasteiger partial charge on any atom is -0.494 e. The molecule has 0 aromatic heterocycles. The summed E-state index contributed by atoms with van der Waals surface area (Å²) in [5.41, 5.74) is -0.167. The molecule has 1 saturated carbocycles. The lowest BCUT2D eigenvalue weighted by Gasteiger charge is -2.19. The number of hydrogen-bond donors (Lipinski definition) is 1. The summed E-state index contributed by atoms with van der Waals surface area (Å²) >= 11 is 0. The highest BCUT2D eigenvalue weighted by Gasteiger charge is 2.41. The number of hydrogen-bond acceptors (Lipinski definition) is 3. The molecule has 0 atom stereocenters. The van der Waals surface area contributed by atoms with E-state index in [0.29, 0.717) is 25.1 Å². The van der Waals surface area contributed by atoms with E-state index in [2.05, 4.69) is 11.4 Å². The van der Waals surface area contributed by atoms with Gasteiger partial charge in [0.1, 0.15) is 11.2 Å². The molecular formula is C15H18N2O2. The monoisotopic (exact) mass is 258 g/mol. The molecule has 0 spiro atoms. The Kier molecular flexibility index (Phi) is 4.06. The number of amides is 1. The Hall–Kier alpha value is -2.02. The lowest BCUT2D eigenvalue weighted by molar-refractivity contribution is -0.122. The largest absolute Gasteiger partial charge is 0.494 e. The van der Waals surface area contributed by atoms with Crippen molar-refractivity contribution in [3.8, 4) is 11.8 Å². The summed E-state index contributed by atoms with van der Waals surface area (Å²) in [5.74, 6) is 0.527. The van der Waals surface area contributed by atoms with Crippen LogP contribution in [0, 0.1) is 16.7 Å². The predicted octanol–water partition coefficient (Wildman–Crippen LogP) is 3.11. The lowest BCUT2D eigenvalue weighted by Crippen LogP contribution is -2.32. The van der Waals surface area contributed by atoms with Crippen LogP contribution < -0.4 is 10.1 Å². The van der Waals surface area contributed by atoms with Crippen LogP contribution in [0.5, 0.6) is 5.75 Å². The number of ether oxygens (including phenoxy) is 1. The normalized spacial score (nSPS) is 16.6. The van der Waals surface area contributed by atoms with E-state index in [9.17, 15) is 10.1 Å². The van der Waals surface area contributed by atoms with Crippen LogP contribution in [-0.2, 0) is 4.79 Å². The van der Waals surface area contributed by atoms with Crippen LogP contribution in [0.3, 0.4) is 0 Å². The average Bonchev–Trinajstić information content (AvgIpc) is 2.89. The van der Waals surface area contributed by atoms with E-state index in [0.717, 1.165) is 18.6 Å². The number of carbonyl (C=O) groups is 1. The van der Waals surface area contributed by atoms with Gasteiger partial charge in [0.2, 0.25) is 5.91 Å². The van der Waals surface area contributed by atoms with Crippen molar-refractivity contribution in [1.82, 2.24) is 0 Å². The maximum absolute atomic E-state index is 12.3. The Labute approximate surface area is 113 Å². The van der Waals surface area contributed by atoms with Crippen molar-refractivity contribution in [3.05, 3.63) is 24.3 Å². The highest BCUT2D eigenvalue weighted by Crippen LogP contribution is 2.38. The first kappa shape index (κ1) is 13.4. The lowest BCUT2D eigenvalue weighted by atomic mass is 9.87. The van der Waals surface area contributed by atoms with E-state index in [4.69, 9.17) is 4.74 Å². The summed E-state index contributed by atoms with van der Waals surface area (Å²) in [6, 6.07) is 9.45. The summed E-state index contributed by atoms with van der Waals surface area (Å²) in [5, 5.41) is 12.1. The van der Waals surface area contributed by atoms with Gasteiger partial charge in [0, 0.05) is 11.8 Å². The highest BCUT2D eigenvalue weighted by atomic mass is 16.5. The fourth-order valence-corrected chi connectivity index (χ4v) is 2.45. The standard InChI is InChI=1S/C15H18N2O2/c1-2-19-13-7-5-6-12(10-13)17-14(18)15(11-16)8-3-4-9-15/h5-7,10H,2-4,8-9H2,1H3,(H,17,18). The predicted molar refractivity (Wildman–Crippen MR) is 72.8 cm³/mol. The topological polar surface area (TPSA) is 62.1 Å². The third kappa shape index (κ3) is 2.87. The third-order valence-electron chi connectivity index (χ3n) is 3.51. The van der Waals surface area contributed by atoms with Crippen molar-refractivity contribution >= 4 is 11.6 Å². The Morgan fingerprint density at radius 1 is 1.47 bits per heavy atom. The molecule has 0 saturated heterocycles. The molecule has 19 heavy (non-hydrogen) atoms. The molecule has 0 unspecified atom stereocenters. The Bertz CT molecular complexity index is 499. The quantitative estimate of drug-likeness (QED) is 0.902. The number of carbonyl (C=O) groups excluding carboxylic acids is 1. The second-order valence-electron chi connectivity index (χ2n) is 4.82. The van der Waals surface area contributed by atoms with Crippen LogP contribution in [-0.4, -0.2) is 12.5 Å². The molecule has 100 valence electrons. The van der Waals surface area contributed by atoms with Gasteiger partial charge < -0.3 is 10.1 Å². The fraction of sp³-hybridized carbons (Fsp3) is 0.467. The Morgan fingerprint density at radius 3 is 2.84 bits per heavy atom. The third-order valence-corrected chi connectivity index (χ3v) is 3.51. The van der Waals surface area contributed by atoms with Gasteiger partial charge in [0.05, 0.1) is 12.7 Å². The molecule has 1 N–H and O–H groups in total. The van der Waals surface area contributed by atoms with Gasteiger partial charge in [-0.05, 0) is 31.9 Å². The number of anilines is 1. The zero-order valence-corrected chi connectivity index (χ0v) is 11.1. The second-order valence-corrected chi connectivity index (χ2v) is 4.82. The van der Waals surface area contributed by atoms with Crippen molar-refractivity contribution in [2.24, 2.45) is 5.41 Å². The number of benzene rings is 1. The average molecular weight is 258 g/mol. The first-order chi connectivity index (χ1) is 9.20. The van der Waals surface area contributed by atoms with Gasteiger partial charge in [-0.3, -0.25) is 4.79 Å². The van der Waals surface area contributed by atoms with Crippen LogP contribution in [0.1, 0.15) is 32.6 Å². The fourth-order valence-electron chi connectivity index (χ4n) is 2.45. The van der Waals surface area contributed by atoms with Crippen LogP contribution in [0.2, 0.25) is 0 Å². The van der Waals surface area contributed by atoms with Gasteiger partial charge in [0.15, 0.2) is 0 Å². The van der Waals surface area contributed by atoms with Crippen molar-refractivity contribution in [2.75, 3.05) is 11.9 Å². The van der Waals surface area contributed by atoms with Gasteiger partial charge in [-0.15, -0.1) is 0 Å². The Morgan fingerprint density at radius 2 is 2.21 bits per heavy atom. The van der Waals surface area contributed by atoms with Crippen LogP contribution in [0.25, 0.3) is 0 Å². The van der Waals surface area contributed by atoms with Crippen molar-refractivity contribution in [2.45, 2.75) is 32.6 Å². The maximum atomic E-state index is 12.3. The minimum atomic E-state index is -0.846. The van der Waals surface area contributed by atoms with Gasteiger partial charge >= 0.3 is 0 Å². The molecule has 0 radical (unpaired) electrons. The maximum Gasteiger partial charge on any atom is 0.244 e. The molecular weight excluding hydrogens is 240 g/mol. The Balaban J connectivity index is 2.10. The van der Waals surface area contributed by atoms with Crippen molar-refractivity contribution in [1.29, 1.82) is 5.26 Å². The molecule has 1 amide bonds. The highest BCUT2D eigenvalue weighted by molar-refractivity contribution is 5.97. The van der Waals surface area contributed by atoms with Crippen LogP contribution >= 0.6 is 0 Å². The van der Waals surface area contributed by atoms with E-state index in [1.54, 1.807) is 12.1 Å². The molecule has 4 nitrogen and oxygen atoms in total. The number of nitriles is 1. The summed E-state index contributed by atoms with van der Waals surface area (Å²) in [6.45, 7) is 2.49. The summed E-state index contributed by atoms with van der Waals surface area (Å²) in [6.07, 6.45) is 3.20. The minimum absolute atomic E-state index is 0.193. The molecule has 1 aromatic rings. The van der Waals surface area contributed by atoms with Crippen LogP contribution in [0.4, 0.5) is 5.69 Å².